The van der Waals surface area contributed by atoms with Crippen molar-refractivity contribution in [2.45, 2.75) is 39.0 Å². The van der Waals surface area contributed by atoms with Gasteiger partial charge in [0.1, 0.15) is 11.4 Å². The van der Waals surface area contributed by atoms with Gasteiger partial charge in [0.2, 0.25) is 0 Å². The zero-order valence-electron chi connectivity index (χ0n) is 11.9. The predicted molar refractivity (Wildman–Crippen MR) is 75.8 cm³/mol. The van der Waals surface area contributed by atoms with Gasteiger partial charge in [0, 0.05) is 20.1 Å². The number of carbonyl (C=O) groups is 1. The lowest BCUT2D eigenvalue weighted by atomic mass is 9.96. The van der Waals surface area contributed by atoms with Crippen molar-refractivity contribution in [2.24, 2.45) is 13.0 Å². The summed E-state index contributed by atoms with van der Waals surface area (Å²) >= 11 is 0. The van der Waals surface area contributed by atoms with Gasteiger partial charge in [-0.25, -0.2) is 0 Å². The lowest BCUT2D eigenvalue weighted by Crippen LogP contribution is -2.32. The van der Waals surface area contributed by atoms with Crippen molar-refractivity contribution in [1.82, 2.24) is 14.7 Å². The Labute approximate surface area is 114 Å². The first-order valence-corrected chi connectivity index (χ1v) is 7.20. The smallest absolute Gasteiger partial charge is 0.259 e. The van der Waals surface area contributed by atoms with Gasteiger partial charge in [-0.1, -0.05) is 19.8 Å². The van der Waals surface area contributed by atoms with E-state index in [4.69, 9.17) is 5.73 Å². The summed E-state index contributed by atoms with van der Waals surface area (Å²) in [7, 11) is 1.76. The lowest BCUT2D eigenvalue weighted by molar-refractivity contribution is 0.0761. The van der Waals surface area contributed by atoms with E-state index in [-0.39, 0.29) is 5.91 Å². The van der Waals surface area contributed by atoms with E-state index in [0.717, 1.165) is 31.8 Å². The molecule has 1 atom stereocenters. The second-order valence-corrected chi connectivity index (χ2v) is 5.44. The van der Waals surface area contributed by atoms with Crippen molar-refractivity contribution >= 4 is 11.7 Å². The standard InChI is InChI=1S/C14H24N4O/c1-3-5-11-6-4-8-18(9-7-11)14(19)12-10-16-17(2)13(12)15/h10-11H,3-9,15H2,1-2H3. The van der Waals surface area contributed by atoms with Crippen LogP contribution in [0.25, 0.3) is 0 Å². The van der Waals surface area contributed by atoms with Crippen molar-refractivity contribution in [3.8, 4) is 0 Å². The highest BCUT2D eigenvalue weighted by atomic mass is 16.2. The molecule has 2 rings (SSSR count). The molecule has 1 aromatic heterocycles. The molecule has 1 unspecified atom stereocenters. The molecule has 0 radical (unpaired) electrons. The molecular weight excluding hydrogens is 240 g/mol. The van der Waals surface area contributed by atoms with Crippen LogP contribution in [0.2, 0.25) is 0 Å². The summed E-state index contributed by atoms with van der Waals surface area (Å²) in [6.07, 6.45) is 7.52. The Hall–Kier alpha value is -1.52. The van der Waals surface area contributed by atoms with Crippen molar-refractivity contribution in [2.75, 3.05) is 18.8 Å². The van der Waals surface area contributed by atoms with Crippen molar-refractivity contribution in [3.63, 3.8) is 0 Å². The molecule has 1 fully saturated rings. The summed E-state index contributed by atoms with van der Waals surface area (Å²) in [5.74, 6) is 1.26. The number of aromatic nitrogens is 2. The van der Waals surface area contributed by atoms with E-state index >= 15 is 0 Å². The number of nitrogens with two attached hydrogens (primary N) is 1. The first-order valence-electron chi connectivity index (χ1n) is 7.20. The molecule has 0 saturated carbocycles. The second-order valence-electron chi connectivity index (χ2n) is 5.44. The minimum atomic E-state index is 0.0303. The van der Waals surface area contributed by atoms with Gasteiger partial charge in [-0.3, -0.25) is 9.48 Å². The molecule has 0 aliphatic carbocycles. The van der Waals surface area contributed by atoms with E-state index in [2.05, 4.69) is 12.0 Å². The van der Waals surface area contributed by atoms with Crippen LogP contribution >= 0.6 is 0 Å². The Morgan fingerprint density at radius 1 is 1.47 bits per heavy atom. The molecule has 0 bridgehead atoms. The molecule has 1 aliphatic rings. The first kappa shape index (κ1) is 13.9. The highest BCUT2D eigenvalue weighted by Gasteiger charge is 2.23. The van der Waals surface area contributed by atoms with Crippen LogP contribution in [-0.2, 0) is 7.05 Å². The van der Waals surface area contributed by atoms with E-state index in [1.807, 2.05) is 4.90 Å². The molecule has 5 heteroatoms. The third-order valence-electron chi connectivity index (χ3n) is 4.05. The second kappa shape index (κ2) is 6.08. The molecule has 1 amide bonds. The molecular formula is C14H24N4O. The first-order chi connectivity index (χ1) is 9.13. The van der Waals surface area contributed by atoms with Crippen LogP contribution in [-0.4, -0.2) is 33.7 Å². The number of amides is 1. The molecule has 5 nitrogen and oxygen atoms in total. The molecule has 2 heterocycles. The largest absolute Gasteiger partial charge is 0.383 e. The maximum absolute atomic E-state index is 12.4. The zero-order valence-corrected chi connectivity index (χ0v) is 11.9. The number of likely N-dealkylation sites (tertiary alicyclic amines) is 1. The molecule has 19 heavy (non-hydrogen) atoms. The van der Waals surface area contributed by atoms with Crippen molar-refractivity contribution < 1.29 is 4.79 Å². The fourth-order valence-corrected chi connectivity index (χ4v) is 2.85. The van der Waals surface area contributed by atoms with Gasteiger partial charge in [0.05, 0.1) is 6.20 Å². The van der Waals surface area contributed by atoms with Gasteiger partial charge in [-0.2, -0.15) is 5.10 Å². The highest BCUT2D eigenvalue weighted by molar-refractivity contribution is 5.98. The van der Waals surface area contributed by atoms with E-state index in [0.29, 0.717) is 11.4 Å². The summed E-state index contributed by atoms with van der Waals surface area (Å²) in [6.45, 7) is 3.91. The SMILES string of the molecule is CCCC1CCCN(C(=O)c2cnn(C)c2N)CC1. The molecule has 1 aliphatic heterocycles. The van der Waals surface area contributed by atoms with Crippen molar-refractivity contribution in [3.05, 3.63) is 11.8 Å². The Morgan fingerprint density at radius 3 is 2.89 bits per heavy atom. The minimum absolute atomic E-state index is 0.0303. The fourth-order valence-electron chi connectivity index (χ4n) is 2.85. The third kappa shape index (κ3) is 3.08. The fraction of sp³-hybridized carbons (Fsp3) is 0.714. The Balaban J connectivity index is 2.02. The molecule has 1 aromatic rings. The van der Waals surface area contributed by atoms with Gasteiger partial charge >= 0.3 is 0 Å². The summed E-state index contributed by atoms with van der Waals surface area (Å²) < 4.78 is 1.55. The van der Waals surface area contributed by atoms with Gasteiger partial charge in [-0.05, 0) is 25.2 Å². The zero-order chi connectivity index (χ0) is 13.8. The summed E-state index contributed by atoms with van der Waals surface area (Å²) in [5, 5.41) is 4.04. The number of anilines is 1. The van der Waals surface area contributed by atoms with Crippen LogP contribution in [0.3, 0.4) is 0 Å². The van der Waals surface area contributed by atoms with Gasteiger partial charge in [0.15, 0.2) is 0 Å². The van der Waals surface area contributed by atoms with Crippen LogP contribution in [0.4, 0.5) is 5.82 Å². The summed E-state index contributed by atoms with van der Waals surface area (Å²) in [4.78, 5) is 14.4. The van der Waals surface area contributed by atoms with Crippen LogP contribution in [0.15, 0.2) is 6.20 Å². The maximum atomic E-state index is 12.4. The topological polar surface area (TPSA) is 64.2 Å². The third-order valence-corrected chi connectivity index (χ3v) is 4.05. The number of carbonyl (C=O) groups excluding carboxylic acids is 1. The molecule has 0 aromatic carbocycles. The van der Waals surface area contributed by atoms with Gasteiger partial charge in [-0.15, -0.1) is 0 Å². The van der Waals surface area contributed by atoms with Gasteiger partial charge in [0.25, 0.3) is 5.91 Å². The Bertz CT molecular complexity index is 441. The lowest BCUT2D eigenvalue weighted by Gasteiger charge is -2.20. The van der Waals surface area contributed by atoms with E-state index < -0.39 is 0 Å². The van der Waals surface area contributed by atoms with Crippen LogP contribution < -0.4 is 5.73 Å². The van der Waals surface area contributed by atoms with E-state index in [9.17, 15) is 4.79 Å². The number of aryl methyl sites for hydroxylation is 1. The number of hydrogen-bond acceptors (Lipinski definition) is 3. The average molecular weight is 264 g/mol. The number of nitrogen functional groups attached to an aromatic ring is 1. The molecule has 0 spiro atoms. The Morgan fingerprint density at radius 2 is 2.26 bits per heavy atom. The van der Waals surface area contributed by atoms with Crippen LogP contribution in [0.1, 0.15) is 49.4 Å². The predicted octanol–water partition coefficient (Wildman–Crippen LogP) is 2.04. The van der Waals surface area contributed by atoms with Gasteiger partial charge < -0.3 is 10.6 Å². The Kier molecular flexibility index (Phi) is 4.45. The van der Waals surface area contributed by atoms with Crippen LogP contribution in [0, 0.1) is 5.92 Å². The monoisotopic (exact) mass is 264 g/mol. The average Bonchev–Trinajstić information content (AvgIpc) is 2.62. The number of nitrogens with zero attached hydrogens (tertiary/aromatic N) is 3. The molecule has 2 N–H and O–H groups in total. The molecule has 1 saturated heterocycles. The highest BCUT2D eigenvalue weighted by Crippen LogP contribution is 2.23. The minimum Gasteiger partial charge on any atom is -0.383 e. The molecule has 106 valence electrons. The maximum Gasteiger partial charge on any atom is 0.259 e. The van der Waals surface area contributed by atoms with E-state index in [1.165, 1.54) is 19.3 Å². The summed E-state index contributed by atoms with van der Waals surface area (Å²) in [6, 6.07) is 0. The van der Waals surface area contributed by atoms with E-state index in [1.54, 1.807) is 17.9 Å². The summed E-state index contributed by atoms with van der Waals surface area (Å²) in [5.41, 5.74) is 6.42. The van der Waals surface area contributed by atoms with Crippen molar-refractivity contribution in [1.29, 1.82) is 0 Å². The van der Waals surface area contributed by atoms with Crippen LogP contribution in [0.5, 0.6) is 0 Å². The quantitative estimate of drug-likeness (QED) is 0.908. The normalized spacial score (nSPS) is 20.3. The number of rotatable bonds is 3. The number of hydrogen-bond donors (Lipinski definition) is 1.